The maximum atomic E-state index is 5.61. The maximum Gasteiger partial charge on any atom is 0.00429 e. The van der Waals surface area contributed by atoms with E-state index in [1.807, 2.05) is 0 Å². The van der Waals surface area contributed by atoms with Crippen LogP contribution in [0.3, 0.4) is 0 Å². The average molecular weight is 109 g/mol. The van der Waals surface area contributed by atoms with Gasteiger partial charge < -0.3 is 5.73 Å². The molecule has 0 aliphatic heterocycles. The van der Waals surface area contributed by atoms with Crippen LogP contribution in [-0.2, 0) is 0 Å². The molecule has 0 saturated heterocycles. The van der Waals surface area contributed by atoms with Gasteiger partial charge in [-0.2, -0.15) is 0 Å². The summed E-state index contributed by atoms with van der Waals surface area (Å²) in [5.74, 6) is 2.02. The van der Waals surface area contributed by atoms with Crippen molar-refractivity contribution in [3.8, 4) is 0 Å². The SMILES string of the molecule is NC1=CCC2CC2C1. The monoisotopic (exact) mass is 109 g/mol. The van der Waals surface area contributed by atoms with E-state index in [1.54, 1.807) is 0 Å². The number of allylic oxidation sites excluding steroid dienone is 2. The summed E-state index contributed by atoms with van der Waals surface area (Å²) < 4.78 is 0. The van der Waals surface area contributed by atoms with Gasteiger partial charge in [0.15, 0.2) is 0 Å². The molecule has 0 heterocycles. The Balaban J connectivity index is 2.10. The average Bonchev–Trinajstić information content (AvgIpc) is 2.43. The normalized spacial score (nSPS) is 42.8. The zero-order valence-corrected chi connectivity index (χ0v) is 4.93. The van der Waals surface area contributed by atoms with Crippen LogP contribution in [0.5, 0.6) is 0 Å². The lowest BCUT2D eigenvalue weighted by atomic mass is 10.1. The summed E-state index contributed by atoms with van der Waals surface area (Å²) in [4.78, 5) is 0. The first kappa shape index (κ1) is 4.42. The van der Waals surface area contributed by atoms with Crippen molar-refractivity contribution in [2.45, 2.75) is 19.3 Å². The van der Waals surface area contributed by atoms with Crippen molar-refractivity contribution >= 4 is 0 Å². The van der Waals surface area contributed by atoms with Gasteiger partial charge in [-0.15, -0.1) is 0 Å². The van der Waals surface area contributed by atoms with Crippen LogP contribution in [0.2, 0.25) is 0 Å². The number of hydrogen-bond donors (Lipinski definition) is 1. The Kier molecular flexibility index (Phi) is 0.706. The molecule has 0 radical (unpaired) electrons. The summed E-state index contributed by atoms with van der Waals surface area (Å²) >= 11 is 0. The third-order valence-corrected chi connectivity index (χ3v) is 2.25. The molecule has 2 aliphatic rings. The molecule has 1 saturated carbocycles. The van der Waals surface area contributed by atoms with E-state index in [0.29, 0.717) is 0 Å². The van der Waals surface area contributed by atoms with Gasteiger partial charge in [-0.25, -0.2) is 0 Å². The van der Waals surface area contributed by atoms with Gasteiger partial charge in [0.05, 0.1) is 0 Å². The Morgan fingerprint density at radius 1 is 1.50 bits per heavy atom. The number of hydrogen-bond acceptors (Lipinski definition) is 1. The van der Waals surface area contributed by atoms with Crippen LogP contribution >= 0.6 is 0 Å². The van der Waals surface area contributed by atoms with Crippen molar-refractivity contribution < 1.29 is 0 Å². The van der Waals surface area contributed by atoms with Crippen molar-refractivity contribution in [1.29, 1.82) is 0 Å². The molecule has 2 atom stereocenters. The highest BCUT2D eigenvalue weighted by Gasteiger charge is 2.38. The third-order valence-electron chi connectivity index (χ3n) is 2.25. The predicted molar refractivity (Wildman–Crippen MR) is 33.1 cm³/mol. The molecule has 2 rings (SSSR count). The fourth-order valence-electron chi connectivity index (χ4n) is 1.54. The van der Waals surface area contributed by atoms with Gasteiger partial charge in [-0.3, -0.25) is 0 Å². The number of rotatable bonds is 0. The van der Waals surface area contributed by atoms with Crippen LogP contribution < -0.4 is 5.73 Å². The van der Waals surface area contributed by atoms with Gasteiger partial charge in [0.1, 0.15) is 0 Å². The second-order valence-electron chi connectivity index (χ2n) is 2.97. The topological polar surface area (TPSA) is 26.0 Å². The van der Waals surface area contributed by atoms with E-state index in [9.17, 15) is 0 Å². The van der Waals surface area contributed by atoms with E-state index >= 15 is 0 Å². The van der Waals surface area contributed by atoms with Gasteiger partial charge in [-0.05, 0) is 31.1 Å². The lowest BCUT2D eigenvalue weighted by molar-refractivity contribution is 0.658. The smallest absolute Gasteiger partial charge is 0.00429 e. The summed E-state index contributed by atoms with van der Waals surface area (Å²) in [5, 5.41) is 0. The van der Waals surface area contributed by atoms with Crippen LogP contribution in [-0.4, -0.2) is 0 Å². The van der Waals surface area contributed by atoms with Crippen molar-refractivity contribution in [3.05, 3.63) is 11.8 Å². The van der Waals surface area contributed by atoms with Gasteiger partial charge in [-0.1, -0.05) is 6.08 Å². The molecule has 1 heteroatoms. The number of fused-ring (bicyclic) bond motifs is 1. The van der Waals surface area contributed by atoms with Crippen LogP contribution in [0.1, 0.15) is 19.3 Å². The van der Waals surface area contributed by atoms with E-state index in [-0.39, 0.29) is 0 Å². The summed E-state index contributed by atoms with van der Waals surface area (Å²) in [5.41, 5.74) is 6.74. The lowest BCUT2D eigenvalue weighted by Crippen LogP contribution is -2.02. The molecule has 1 fully saturated rings. The Bertz CT molecular complexity index is 137. The molecule has 0 amide bonds. The standard InChI is InChI=1S/C7H11N/c8-7-2-1-5-3-6(5)4-7/h2,5-6H,1,3-4,8H2. The third kappa shape index (κ3) is 0.540. The van der Waals surface area contributed by atoms with Crippen molar-refractivity contribution in [2.75, 3.05) is 0 Å². The Hall–Kier alpha value is -0.460. The van der Waals surface area contributed by atoms with Crippen LogP contribution in [0, 0.1) is 11.8 Å². The highest BCUT2D eigenvalue weighted by molar-refractivity contribution is 5.10. The van der Waals surface area contributed by atoms with E-state index in [4.69, 9.17) is 5.73 Å². The lowest BCUT2D eigenvalue weighted by Gasteiger charge is -2.04. The Labute approximate surface area is 49.6 Å². The molecule has 8 heavy (non-hydrogen) atoms. The second kappa shape index (κ2) is 1.28. The van der Waals surface area contributed by atoms with E-state index in [2.05, 4.69) is 6.08 Å². The van der Waals surface area contributed by atoms with Crippen molar-refractivity contribution in [2.24, 2.45) is 17.6 Å². The van der Waals surface area contributed by atoms with Gasteiger partial charge in [0, 0.05) is 5.70 Å². The second-order valence-corrected chi connectivity index (χ2v) is 2.97. The molecular weight excluding hydrogens is 98.1 g/mol. The van der Waals surface area contributed by atoms with Crippen LogP contribution in [0.15, 0.2) is 11.8 Å². The maximum absolute atomic E-state index is 5.61. The zero-order valence-electron chi connectivity index (χ0n) is 4.93. The highest BCUT2D eigenvalue weighted by atomic mass is 14.6. The molecule has 2 N–H and O–H groups in total. The Morgan fingerprint density at radius 2 is 2.38 bits per heavy atom. The minimum absolute atomic E-state index is 0.986. The quantitative estimate of drug-likeness (QED) is 0.498. The van der Waals surface area contributed by atoms with Gasteiger partial charge in [0.25, 0.3) is 0 Å². The molecule has 0 spiro atoms. The summed E-state index contributed by atoms with van der Waals surface area (Å²) in [6.45, 7) is 0. The zero-order chi connectivity index (χ0) is 5.56. The first-order valence-corrected chi connectivity index (χ1v) is 3.31. The molecule has 0 aromatic rings. The van der Waals surface area contributed by atoms with E-state index in [1.165, 1.54) is 19.3 Å². The first-order chi connectivity index (χ1) is 3.86. The minimum atomic E-state index is 0.986. The first-order valence-electron chi connectivity index (χ1n) is 3.31. The van der Waals surface area contributed by atoms with E-state index < -0.39 is 0 Å². The predicted octanol–water partition coefficient (Wildman–Crippen LogP) is 1.26. The molecule has 44 valence electrons. The largest absolute Gasteiger partial charge is 0.402 e. The van der Waals surface area contributed by atoms with Gasteiger partial charge in [0.2, 0.25) is 0 Å². The molecule has 1 nitrogen and oxygen atoms in total. The summed E-state index contributed by atoms with van der Waals surface area (Å²) in [6.07, 6.45) is 6.08. The summed E-state index contributed by atoms with van der Waals surface area (Å²) in [6, 6.07) is 0. The minimum Gasteiger partial charge on any atom is -0.402 e. The van der Waals surface area contributed by atoms with Crippen molar-refractivity contribution in [1.82, 2.24) is 0 Å². The molecule has 0 aromatic heterocycles. The fraction of sp³-hybridized carbons (Fsp3) is 0.714. The highest BCUT2D eigenvalue weighted by Crippen LogP contribution is 2.47. The molecule has 0 bridgehead atoms. The van der Waals surface area contributed by atoms with Crippen LogP contribution in [0.25, 0.3) is 0 Å². The van der Waals surface area contributed by atoms with Gasteiger partial charge >= 0.3 is 0 Å². The summed E-state index contributed by atoms with van der Waals surface area (Å²) in [7, 11) is 0. The molecule has 2 aliphatic carbocycles. The molecule has 0 aromatic carbocycles. The van der Waals surface area contributed by atoms with Crippen LogP contribution in [0.4, 0.5) is 0 Å². The Morgan fingerprint density at radius 3 is 3.00 bits per heavy atom. The van der Waals surface area contributed by atoms with Crippen molar-refractivity contribution in [3.63, 3.8) is 0 Å². The fourth-order valence-corrected chi connectivity index (χ4v) is 1.54. The molecule has 2 unspecified atom stereocenters. The number of nitrogens with two attached hydrogens (primary N) is 1. The molecular formula is C7H11N. The van der Waals surface area contributed by atoms with E-state index in [0.717, 1.165) is 17.5 Å².